The molecule has 3 heterocycles. The molecule has 23 heavy (non-hydrogen) atoms. The van der Waals surface area contributed by atoms with Crippen LogP contribution in [-0.4, -0.2) is 38.4 Å². The van der Waals surface area contributed by atoms with E-state index in [1.54, 1.807) is 25.3 Å². The fourth-order valence-electron chi connectivity index (χ4n) is 2.72. The van der Waals surface area contributed by atoms with Gasteiger partial charge in [0.05, 0.1) is 13.2 Å². The zero-order valence-electron chi connectivity index (χ0n) is 13.5. The molecule has 1 N–H and O–H groups in total. The number of nitrogens with zero attached hydrogens (tertiary/aromatic N) is 4. The number of fused-ring (bicyclic) bond motifs is 1. The van der Waals surface area contributed by atoms with Gasteiger partial charge >= 0.3 is 5.97 Å². The number of aromatic nitrogens is 4. The minimum absolute atomic E-state index is 0.164. The van der Waals surface area contributed by atoms with Crippen molar-refractivity contribution in [2.45, 2.75) is 45.7 Å². The molecule has 0 spiro atoms. The van der Waals surface area contributed by atoms with Crippen LogP contribution in [-0.2, 0) is 24.1 Å². The summed E-state index contributed by atoms with van der Waals surface area (Å²) in [6, 6.07) is 3.63. The van der Waals surface area contributed by atoms with Gasteiger partial charge in [-0.25, -0.2) is 19.4 Å². The molecule has 3 rings (SSSR count). The lowest BCUT2D eigenvalue weighted by Crippen LogP contribution is -2.33. The summed E-state index contributed by atoms with van der Waals surface area (Å²) in [5.74, 6) is 2.13. The van der Waals surface area contributed by atoms with Crippen LogP contribution in [0.5, 0.6) is 0 Å². The van der Waals surface area contributed by atoms with E-state index < -0.39 is 0 Å². The Morgan fingerprint density at radius 1 is 1.48 bits per heavy atom. The summed E-state index contributed by atoms with van der Waals surface area (Å²) in [7, 11) is 0. The molecule has 0 amide bonds. The zero-order chi connectivity index (χ0) is 16.2. The Balaban J connectivity index is 1.74. The Hall–Kier alpha value is -2.44. The minimum atomic E-state index is -0.353. The number of hydrogen-bond donors (Lipinski definition) is 1. The van der Waals surface area contributed by atoms with Crippen molar-refractivity contribution in [2.24, 2.45) is 0 Å². The van der Waals surface area contributed by atoms with E-state index in [0.29, 0.717) is 18.0 Å². The Bertz CT molecular complexity index is 698. The minimum Gasteiger partial charge on any atom is -0.462 e. The molecule has 1 aliphatic heterocycles. The number of nitrogens with one attached hydrogen (secondary N) is 1. The van der Waals surface area contributed by atoms with E-state index in [4.69, 9.17) is 4.74 Å². The average Bonchev–Trinajstić information content (AvgIpc) is 2.98. The number of rotatable bonds is 5. The predicted octanol–water partition coefficient (Wildman–Crippen LogP) is 1.84. The summed E-state index contributed by atoms with van der Waals surface area (Å²) < 4.78 is 7.04. The topological polar surface area (TPSA) is 81.9 Å². The molecule has 0 saturated heterocycles. The van der Waals surface area contributed by atoms with Crippen molar-refractivity contribution in [1.29, 1.82) is 0 Å². The maximum Gasteiger partial charge on any atom is 0.341 e. The van der Waals surface area contributed by atoms with Gasteiger partial charge in [-0.05, 0) is 25.5 Å². The van der Waals surface area contributed by atoms with Crippen LogP contribution in [0.3, 0.4) is 0 Å². The van der Waals surface area contributed by atoms with Crippen molar-refractivity contribution in [1.82, 2.24) is 19.7 Å². The van der Waals surface area contributed by atoms with Gasteiger partial charge in [-0.2, -0.15) is 5.10 Å². The highest BCUT2D eigenvalue weighted by Gasteiger charge is 2.23. The molecule has 1 unspecified atom stereocenters. The third kappa shape index (κ3) is 3.33. The molecule has 2 aromatic rings. The van der Waals surface area contributed by atoms with Crippen LogP contribution in [0.2, 0.25) is 0 Å². The van der Waals surface area contributed by atoms with Crippen LogP contribution in [0.4, 0.5) is 5.82 Å². The standard InChI is InChI=1S/C16H21N5O2/c1-3-13-19-14-8-7-11(10-21(14)20-13)18-15-12(6-5-9-17-15)16(22)23-4-2/h5-6,9,11H,3-4,7-8,10H2,1-2H3,(H,17,18). The van der Waals surface area contributed by atoms with Gasteiger partial charge in [0.25, 0.3) is 0 Å². The summed E-state index contributed by atoms with van der Waals surface area (Å²) >= 11 is 0. The van der Waals surface area contributed by atoms with Crippen LogP contribution in [0, 0.1) is 0 Å². The fourth-order valence-corrected chi connectivity index (χ4v) is 2.72. The SMILES string of the molecule is CCOC(=O)c1cccnc1NC1CCc2nc(CC)nn2C1. The summed E-state index contributed by atoms with van der Waals surface area (Å²) in [5.41, 5.74) is 0.466. The maximum absolute atomic E-state index is 12.0. The molecule has 7 heteroatoms. The molecule has 0 radical (unpaired) electrons. The smallest absolute Gasteiger partial charge is 0.341 e. The molecule has 1 atom stereocenters. The van der Waals surface area contributed by atoms with Crippen molar-refractivity contribution in [2.75, 3.05) is 11.9 Å². The molecule has 122 valence electrons. The number of aryl methyl sites for hydroxylation is 2. The van der Waals surface area contributed by atoms with E-state index in [2.05, 4.69) is 27.3 Å². The molecule has 0 fully saturated rings. The fraction of sp³-hybridized carbons (Fsp3) is 0.500. The van der Waals surface area contributed by atoms with E-state index in [0.717, 1.165) is 37.5 Å². The monoisotopic (exact) mass is 315 g/mol. The van der Waals surface area contributed by atoms with Crippen molar-refractivity contribution < 1.29 is 9.53 Å². The summed E-state index contributed by atoms with van der Waals surface area (Å²) in [6.45, 7) is 4.91. The number of hydrogen-bond acceptors (Lipinski definition) is 6. The number of carbonyl (C=O) groups excluding carboxylic acids is 1. The third-order valence-electron chi connectivity index (χ3n) is 3.86. The van der Waals surface area contributed by atoms with Crippen LogP contribution in [0.15, 0.2) is 18.3 Å². The van der Waals surface area contributed by atoms with Crippen LogP contribution < -0.4 is 5.32 Å². The molecule has 0 aromatic carbocycles. The van der Waals surface area contributed by atoms with E-state index in [1.807, 2.05) is 4.68 Å². The van der Waals surface area contributed by atoms with E-state index in [-0.39, 0.29) is 12.0 Å². The van der Waals surface area contributed by atoms with Gasteiger partial charge in [-0.3, -0.25) is 0 Å². The molecule has 1 aliphatic rings. The molecular formula is C16H21N5O2. The van der Waals surface area contributed by atoms with Gasteiger partial charge in [0.2, 0.25) is 0 Å². The largest absolute Gasteiger partial charge is 0.462 e. The van der Waals surface area contributed by atoms with Crippen molar-refractivity contribution >= 4 is 11.8 Å². The van der Waals surface area contributed by atoms with Gasteiger partial charge in [-0.1, -0.05) is 6.92 Å². The summed E-state index contributed by atoms with van der Waals surface area (Å²) in [4.78, 5) is 20.8. The van der Waals surface area contributed by atoms with E-state index in [1.165, 1.54) is 0 Å². The van der Waals surface area contributed by atoms with Gasteiger partial charge in [-0.15, -0.1) is 0 Å². The number of anilines is 1. The van der Waals surface area contributed by atoms with Crippen molar-refractivity contribution in [3.63, 3.8) is 0 Å². The molecule has 7 nitrogen and oxygen atoms in total. The molecule has 2 aromatic heterocycles. The number of pyridine rings is 1. The highest BCUT2D eigenvalue weighted by atomic mass is 16.5. The Morgan fingerprint density at radius 2 is 2.35 bits per heavy atom. The van der Waals surface area contributed by atoms with Crippen molar-refractivity contribution in [3.05, 3.63) is 35.5 Å². The highest BCUT2D eigenvalue weighted by Crippen LogP contribution is 2.19. The summed E-state index contributed by atoms with van der Waals surface area (Å²) in [6.07, 6.45) is 4.31. The maximum atomic E-state index is 12.0. The zero-order valence-corrected chi connectivity index (χ0v) is 13.5. The first-order valence-electron chi connectivity index (χ1n) is 8.02. The second-order valence-electron chi connectivity index (χ2n) is 5.48. The molecular weight excluding hydrogens is 294 g/mol. The van der Waals surface area contributed by atoms with Crippen molar-refractivity contribution in [3.8, 4) is 0 Å². The Morgan fingerprint density at radius 3 is 3.13 bits per heavy atom. The number of carbonyl (C=O) groups is 1. The second-order valence-corrected chi connectivity index (χ2v) is 5.48. The third-order valence-corrected chi connectivity index (χ3v) is 3.86. The van der Waals surface area contributed by atoms with Gasteiger partial charge in [0, 0.05) is 25.1 Å². The molecule has 0 aliphatic carbocycles. The van der Waals surface area contributed by atoms with E-state index >= 15 is 0 Å². The van der Waals surface area contributed by atoms with Crippen LogP contribution in [0.1, 0.15) is 42.3 Å². The lowest BCUT2D eigenvalue weighted by molar-refractivity contribution is 0.0527. The molecule has 0 saturated carbocycles. The average molecular weight is 315 g/mol. The highest BCUT2D eigenvalue weighted by molar-refractivity contribution is 5.94. The van der Waals surface area contributed by atoms with Crippen LogP contribution in [0.25, 0.3) is 0 Å². The summed E-state index contributed by atoms with van der Waals surface area (Å²) in [5, 5.41) is 7.86. The van der Waals surface area contributed by atoms with Gasteiger partial charge in [0.1, 0.15) is 17.2 Å². The quantitative estimate of drug-likeness (QED) is 0.848. The second kappa shape index (κ2) is 6.76. The van der Waals surface area contributed by atoms with Crippen LogP contribution >= 0.6 is 0 Å². The lowest BCUT2D eigenvalue weighted by atomic mass is 10.1. The first-order valence-corrected chi connectivity index (χ1v) is 8.02. The Labute approximate surface area is 135 Å². The normalized spacial score (nSPS) is 16.7. The number of esters is 1. The van der Waals surface area contributed by atoms with E-state index in [9.17, 15) is 4.79 Å². The number of ether oxygens (including phenoxy) is 1. The molecule has 0 bridgehead atoms. The lowest BCUT2D eigenvalue weighted by Gasteiger charge is -2.24. The first kappa shape index (κ1) is 15.5. The predicted molar refractivity (Wildman–Crippen MR) is 85.3 cm³/mol. The van der Waals surface area contributed by atoms with Gasteiger partial charge in [0.15, 0.2) is 5.82 Å². The van der Waals surface area contributed by atoms with Gasteiger partial charge < -0.3 is 10.1 Å². The Kier molecular flexibility index (Phi) is 4.55. The first-order chi connectivity index (χ1) is 11.2.